The summed E-state index contributed by atoms with van der Waals surface area (Å²) in [6.45, 7) is 1.80. The third kappa shape index (κ3) is 2.78. The fourth-order valence-electron chi connectivity index (χ4n) is 1.38. The van der Waals surface area contributed by atoms with Crippen LogP contribution in [0.25, 0.3) is 0 Å². The quantitative estimate of drug-likeness (QED) is 0.838. The molecule has 1 heterocycles. The molecule has 94 valence electrons. The van der Waals surface area contributed by atoms with Gasteiger partial charge in [-0.15, -0.1) is 0 Å². The Labute approximate surface area is 120 Å². The van der Waals surface area contributed by atoms with Gasteiger partial charge < -0.3 is 11.1 Å². The molecule has 0 bridgehead atoms. The number of anilines is 3. The normalized spacial score (nSPS) is 10.4. The van der Waals surface area contributed by atoms with E-state index in [0.717, 1.165) is 11.3 Å². The van der Waals surface area contributed by atoms with Gasteiger partial charge in [0.1, 0.15) is 11.6 Å². The first-order chi connectivity index (χ1) is 8.47. The Kier molecular flexibility index (Phi) is 3.82. The van der Waals surface area contributed by atoms with Crippen molar-refractivity contribution in [3.05, 3.63) is 38.7 Å². The van der Waals surface area contributed by atoms with Crippen LogP contribution in [0.2, 0.25) is 0 Å². The highest BCUT2D eigenvalue weighted by Gasteiger charge is 2.08. The van der Waals surface area contributed by atoms with Crippen LogP contribution in [-0.2, 0) is 0 Å². The molecule has 4 nitrogen and oxygen atoms in total. The number of halogens is 3. The maximum absolute atomic E-state index is 13.3. The second kappa shape index (κ2) is 5.19. The van der Waals surface area contributed by atoms with Gasteiger partial charge in [0.2, 0.25) is 5.95 Å². The molecule has 0 saturated heterocycles. The van der Waals surface area contributed by atoms with E-state index >= 15 is 0 Å². The molecule has 2 aromatic rings. The van der Waals surface area contributed by atoms with E-state index in [-0.39, 0.29) is 11.8 Å². The predicted octanol–water partition coefficient (Wildman–Crippen LogP) is 3.77. The molecule has 0 amide bonds. The van der Waals surface area contributed by atoms with Crippen LogP contribution in [-0.4, -0.2) is 9.97 Å². The molecule has 3 N–H and O–H groups in total. The van der Waals surface area contributed by atoms with E-state index in [1.807, 2.05) is 0 Å². The van der Waals surface area contributed by atoms with Crippen molar-refractivity contribution in [3.63, 3.8) is 0 Å². The minimum Gasteiger partial charge on any atom is -0.368 e. The molecule has 0 saturated carbocycles. The van der Waals surface area contributed by atoms with E-state index < -0.39 is 0 Å². The van der Waals surface area contributed by atoms with Crippen molar-refractivity contribution < 1.29 is 4.39 Å². The molecular formula is C11H9Br2FN4. The molecule has 0 aliphatic heterocycles. The van der Waals surface area contributed by atoms with Gasteiger partial charge in [0.15, 0.2) is 0 Å². The first-order valence-corrected chi connectivity index (χ1v) is 6.56. The summed E-state index contributed by atoms with van der Waals surface area (Å²) in [6, 6.07) is 3.08. The average Bonchev–Trinajstić information content (AvgIpc) is 2.30. The van der Waals surface area contributed by atoms with E-state index in [4.69, 9.17) is 5.73 Å². The van der Waals surface area contributed by atoms with Crippen molar-refractivity contribution in [2.45, 2.75) is 6.92 Å². The number of aryl methyl sites for hydroxylation is 1. The van der Waals surface area contributed by atoms with Crippen LogP contribution in [0.4, 0.5) is 21.8 Å². The van der Waals surface area contributed by atoms with Gasteiger partial charge in [-0.1, -0.05) is 0 Å². The molecule has 18 heavy (non-hydrogen) atoms. The Bertz CT molecular complexity index is 604. The predicted molar refractivity (Wildman–Crippen MR) is 76.3 cm³/mol. The lowest BCUT2D eigenvalue weighted by Crippen LogP contribution is -2.02. The number of hydrogen-bond acceptors (Lipinski definition) is 4. The van der Waals surface area contributed by atoms with Crippen molar-refractivity contribution >= 4 is 49.3 Å². The first kappa shape index (κ1) is 13.2. The summed E-state index contributed by atoms with van der Waals surface area (Å²) in [5, 5.41) is 3.07. The molecule has 1 aromatic heterocycles. The third-order valence-electron chi connectivity index (χ3n) is 2.28. The van der Waals surface area contributed by atoms with Crippen LogP contribution in [0.1, 0.15) is 5.56 Å². The lowest BCUT2D eigenvalue weighted by molar-refractivity contribution is 0.620. The molecule has 0 spiro atoms. The summed E-state index contributed by atoms with van der Waals surface area (Å²) in [6.07, 6.45) is 1.55. The molecule has 2 rings (SSSR count). The van der Waals surface area contributed by atoms with Crippen molar-refractivity contribution in [3.8, 4) is 0 Å². The Morgan fingerprint density at radius 2 is 2.00 bits per heavy atom. The summed E-state index contributed by atoms with van der Waals surface area (Å²) in [4.78, 5) is 7.91. The zero-order chi connectivity index (χ0) is 13.3. The van der Waals surface area contributed by atoms with Gasteiger partial charge in [0.05, 0.1) is 8.95 Å². The SMILES string of the molecule is Cc1cc(F)c(Br)cc1Nc1nc(N)ncc1Br. The highest BCUT2D eigenvalue weighted by molar-refractivity contribution is 9.10. The maximum atomic E-state index is 13.3. The lowest BCUT2D eigenvalue weighted by atomic mass is 10.2. The van der Waals surface area contributed by atoms with Crippen LogP contribution >= 0.6 is 31.9 Å². The third-order valence-corrected chi connectivity index (χ3v) is 3.47. The van der Waals surface area contributed by atoms with Gasteiger partial charge in [-0.3, -0.25) is 0 Å². The highest BCUT2D eigenvalue weighted by atomic mass is 79.9. The largest absolute Gasteiger partial charge is 0.368 e. The Balaban J connectivity index is 2.40. The van der Waals surface area contributed by atoms with Crippen LogP contribution in [0.3, 0.4) is 0 Å². The van der Waals surface area contributed by atoms with Gasteiger partial charge >= 0.3 is 0 Å². The van der Waals surface area contributed by atoms with E-state index in [1.165, 1.54) is 6.07 Å². The highest BCUT2D eigenvalue weighted by Crippen LogP contribution is 2.29. The average molecular weight is 376 g/mol. The number of nitrogens with one attached hydrogen (secondary N) is 1. The van der Waals surface area contributed by atoms with Gasteiger partial charge in [-0.05, 0) is 56.5 Å². The number of nitrogens with zero attached hydrogens (tertiary/aromatic N) is 2. The van der Waals surface area contributed by atoms with Crippen LogP contribution in [0.15, 0.2) is 27.3 Å². The second-order valence-electron chi connectivity index (χ2n) is 3.63. The molecule has 0 aliphatic carbocycles. The van der Waals surface area contributed by atoms with E-state index in [0.29, 0.717) is 14.8 Å². The fraction of sp³-hybridized carbons (Fsp3) is 0.0909. The zero-order valence-electron chi connectivity index (χ0n) is 9.34. The summed E-state index contributed by atoms with van der Waals surface area (Å²) in [5.74, 6) is 0.392. The van der Waals surface area contributed by atoms with Crippen molar-refractivity contribution in [1.82, 2.24) is 9.97 Å². The molecule has 0 fully saturated rings. The number of hydrogen-bond donors (Lipinski definition) is 2. The van der Waals surface area contributed by atoms with E-state index in [1.54, 1.807) is 19.2 Å². The molecule has 0 unspecified atom stereocenters. The minimum atomic E-state index is -0.306. The Hall–Kier alpha value is -1.21. The number of nitrogens with two attached hydrogens (primary N) is 1. The maximum Gasteiger partial charge on any atom is 0.222 e. The molecule has 1 aromatic carbocycles. The zero-order valence-corrected chi connectivity index (χ0v) is 12.5. The Morgan fingerprint density at radius 3 is 2.72 bits per heavy atom. The fourth-order valence-corrected chi connectivity index (χ4v) is 2.01. The summed E-state index contributed by atoms with van der Waals surface area (Å²) < 4.78 is 14.4. The van der Waals surface area contributed by atoms with Crippen LogP contribution < -0.4 is 11.1 Å². The van der Waals surface area contributed by atoms with Crippen LogP contribution in [0, 0.1) is 12.7 Å². The van der Waals surface area contributed by atoms with Crippen LogP contribution in [0.5, 0.6) is 0 Å². The molecule has 0 atom stereocenters. The van der Waals surface area contributed by atoms with Gasteiger partial charge in [-0.2, -0.15) is 4.98 Å². The number of nitrogen functional groups attached to an aromatic ring is 1. The second-order valence-corrected chi connectivity index (χ2v) is 5.34. The van der Waals surface area contributed by atoms with E-state index in [9.17, 15) is 4.39 Å². The molecule has 0 radical (unpaired) electrons. The van der Waals surface area contributed by atoms with Crippen molar-refractivity contribution in [2.75, 3.05) is 11.1 Å². The van der Waals surface area contributed by atoms with Crippen molar-refractivity contribution in [1.29, 1.82) is 0 Å². The standard InChI is InChI=1S/C11H9Br2FN4/c1-5-2-8(14)6(12)3-9(5)17-10-7(13)4-16-11(15)18-10/h2-4H,1H3,(H3,15,16,17,18). The van der Waals surface area contributed by atoms with E-state index in [2.05, 4.69) is 47.1 Å². The van der Waals surface area contributed by atoms with Crippen molar-refractivity contribution in [2.24, 2.45) is 0 Å². The first-order valence-electron chi connectivity index (χ1n) is 4.98. The minimum absolute atomic E-state index is 0.166. The number of benzene rings is 1. The summed E-state index contributed by atoms with van der Waals surface area (Å²) >= 11 is 6.46. The number of rotatable bonds is 2. The smallest absolute Gasteiger partial charge is 0.222 e. The summed E-state index contributed by atoms with van der Waals surface area (Å²) in [7, 11) is 0. The Morgan fingerprint density at radius 1 is 1.28 bits per heavy atom. The van der Waals surface area contributed by atoms with Gasteiger partial charge in [0.25, 0.3) is 0 Å². The van der Waals surface area contributed by atoms with Gasteiger partial charge in [-0.25, -0.2) is 9.37 Å². The molecular weight excluding hydrogens is 367 g/mol. The molecule has 7 heteroatoms. The monoisotopic (exact) mass is 374 g/mol. The number of aromatic nitrogens is 2. The van der Waals surface area contributed by atoms with Gasteiger partial charge in [0, 0.05) is 11.9 Å². The summed E-state index contributed by atoms with van der Waals surface area (Å²) in [5.41, 5.74) is 7.02. The topological polar surface area (TPSA) is 63.8 Å². The lowest BCUT2D eigenvalue weighted by Gasteiger charge is -2.11. The molecule has 0 aliphatic rings.